The summed E-state index contributed by atoms with van der Waals surface area (Å²) in [5.41, 5.74) is -0.0887. The highest BCUT2D eigenvalue weighted by molar-refractivity contribution is 7.13. The maximum atomic E-state index is 13.2. The lowest BCUT2D eigenvalue weighted by Crippen LogP contribution is -2.59. The van der Waals surface area contributed by atoms with Gasteiger partial charge in [0.1, 0.15) is 22.6 Å². The van der Waals surface area contributed by atoms with Gasteiger partial charge in [-0.2, -0.15) is 0 Å². The van der Waals surface area contributed by atoms with Crippen molar-refractivity contribution >= 4 is 34.8 Å². The second-order valence-electron chi connectivity index (χ2n) is 8.88. The van der Waals surface area contributed by atoms with Crippen molar-refractivity contribution in [3.05, 3.63) is 52.0 Å². The van der Waals surface area contributed by atoms with Crippen molar-refractivity contribution in [3.8, 4) is 0 Å². The normalized spacial score (nSPS) is 18.8. The Hall–Kier alpha value is -3.19. The van der Waals surface area contributed by atoms with Gasteiger partial charge in [0.2, 0.25) is 11.8 Å². The van der Waals surface area contributed by atoms with E-state index in [2.05, 4.69) is 20.9 Å². The van der Waals surface area contributed by atoms with Gasteiger partial charge in [-0.15, -0.1) is 11.3 Å². The van der Waals surface area contributed by atoms with Crippen LogP contribution >= 0.6 is 11.3 Å². The molecule has 200 valence electrons. The lowest BCUT2D eigenvalue weighted by molar-refractivity contribution is -0.134. The van der Waals surface area contributed by atoms with Gasteiger partial charge in [0.05, 0.1) is 37.1 Å². The summed E-state index contributed by atoms with van der Waals surface area (Å²) in [5.74, 6) is -1.98. The van der Waals surface area contributed by atoms with Gasteiger partial charge in [0, 0.05) is 14.2 Å². The maximum absolute atomic E-state index is 13.2. The van der Waals surface area contributed by atoms with Gasteiger partial charge >= 0.3 is 0 Å². The van der Waals surface area contributed by atoms with Crippen LogP contribution < -0.4 is 16.0 Å². The van der Waals surface area contributed by atoms with Gasteiger partial charge in [-0.25, -0.2) is 4.98 Å². The summed E-state index contributed by atoms with van der Waals surface area (Å²) in [6.45, 7) is 3.44. The van der Waals surface area contributed by atoms with Crippen LogP contribution in [0.15, 0.2) is 36.5 Å². The smallest absolute Gasteiger partial charge is 0.263 e. The van der Waals surface area contributed by atoms with Crippen LogP contribution in [0.4, 0.5) is 0 Å². The minimum Gasteiger partial charge on any atom is -0.382 e. The van der Waals surface area contributed by atoms with E-state index in [4.69, 9.17) is 14.2 Å². The molecule has 12 heteroatoms. The predicted octanol–water partition coefficient (Wildman–Crippen LogP) is 0.413. The first-order valence-electron chi connectivity index (χ1n) is 11.7. The van der Waals surface area contributed by atoms with Gasteiger partial charge in [-0.1, -0.05) is 30.3 Å². The van der Waals surface area contributed by atoms with Crippen molar-refractivity contribution in [1.82, 2.24) is 20.9 Å². The number of rotatable bonds is 14. The highest BCUT2D eigenvalue weighted by atomic mass is 32.1. The second-order valence-corrected chi connectivity index (χ2v) is 10.1. The lowest BCUT2D eigenvalue weighted by Gasteiger charge is -2.25. The fourth-order valence-electron chi connectivity index (χ4n) is 3.62. The van der Waals surface area contributed by atoms with E-state index in [-0.39, 0.29) is 32.0 Å². The molecule has 1 aliphatic heterocycles. The van der Waals surface area contributed by atoms with E-state index in [0.29, 0.717) is 9.88 Å². The van der Waals surface area contributed by atoms with E-state index in [0.717, 1.165) is 5.56 Å². The molecule has 1 saturated heterocycles. The number of carbonyl (C=O) groups excluding carboxylic acids is 4. The summed E-state index contributed by atoms with van der Waals surface area (Å²) in [4.78, 5) is 56.3. The third-order valence-corrected chi connectivity index (χ3v) is 6.69. The van der Waals surface area contributed by atoms with E-state index in [1.54, 1.807) is 13.8 Å². The van der Waals surface area contributed by atoms with E-state index in [1.807, 2.05) is 30.3 Å². The van der Waals surface area contributed by atoms with Crippen LogP contribution in [-0.4, -0.2) is 86.3 Å². The third kappa shape index (κ3) is 7.89. The number of ketones is 1. The predicted molar refractivity (Wildman–Crippen MR) is 135 cm³/mol. The van der Waals surface area contributed by atoms with Crippen LogP contribution in [0.1, 0.15) is 27.2 Å². The van der Waals surface area contributed by atoms with Crippen LogP contribution in [0.25, 0.3) is 0 Å². The van der Waals surface area contributed by atoms with Gasteiger partial charge in [0.25, 0.3) is 5.91 Å². The van der Waals surface area contributed by atoms with E-state index in [9.17, 15) is 19.2 Å². The number of hydrogen-bond acceptors (Lipinski definition) is 9. The number of aryl methyl sites for hydroxylation is 1. The molecule has 2 aromatic rings. The van der Waals surface area contributed by atoms with Gasteiger partial charge < -0.3 is 30.2 Å². The molecule has 3 rings (SSSR count). The van der Waals surface area contributed by atoms with Crippen molar-refractivity contribution in [2.24, 2.45) is 0 Å². The largest absolute Gasteiger partial charge is 0.382 e. The van der Waals surface area contributed by atoms with Crippen LogP contribution in [0, 0.1) is 6.92 Å². The molecule has 0 bridgehead atoms. The first kappa shape index (κ1) is 28.4. The van der Waals surface area contributed by atoms with Crippen molar-refractivity contribution in [1.29, 1.82) is 0 Å². The molecule has 4 atom stereocenters. The standard InChI is InChI=1S/C25H32N4O7S/c1-15-26-11-20(37-15)24(33)29-19(13-35-4)23(32)28-18(12-34-3)22(31)27-17(21(30)25(2)14-36-25)10-16-8-6-5-7-9-16/h5-9,11,17-19H,10,12-14H2,1-4H3,(H,27,31)(H,28,32)(H,29,33)/t17-,18?,19?,25?/m0/s1. The number of methoxy groups -OCH3 is 2. The van der Waals surface area contributed by atoms with Crippen molar-refractivity contribution in [2.75, 3.05) is 34.0 Å². The van der Waals surface area contributed by atoms with Crippen molar-refractivity contribution in [3.63, 3.8) is 0 Å². The molecule has 0 spiro atoms. The lowest BCUT2D eigenvalue weighted by atomic mass is 9.94. The number of epoxide rings is 1. The average Bonchev–Trinajstić information content (AvgIpc) is 3.48. The minimum atomic E-state index is -1.13. The summed E-state index contributed by atoms with van der Waals surface area (Å²) < 4.78 is 15.6. The molecule has 1 aromatic heterocycles. The quantitative estimate of drug-likeness (QED) is 0.297. The zero-order valence-corrected chi connectivity index (χ0v) is 22.1. The molecule has 0 aliphatic carbocycles. The van der Waals surface area contributed by atoms with Crippen LogP contribution in [0.2, 0.25) is 0 Å². The Labute approximate surface area is 219 Å². The van der Waals surface area contributed by atoms with E-state index < -0.39 is 41.4 Å². The number of amides is 3. The monoisotopic (exact) mass is 532 g/mol. The molecule has 2 heterocycles. The Bertz CT molecular complexity index is 1100. The molecule has 1 aromatic carbocycles. The van der Waals surface area contributed by atoms with E-state index >= 15 is 0 Å². The Kier molecular flexibility index (Phi) is 9.86. The van der Waals surface area contributed by atoms with Gasteiger partial charge in [-0.3, -0.25) is 19.2 Å². The molecule has 37 heavy (non-hydrogen) atoms. The number of Topliss-reactive ketones (excluding diaryl/α,β-unsaturated/α-hetero) is 1. The van der Waals surface area contributed by atoms with Crippen LogP contribution in [-0.2, 0) is 35.0 Å². The van der Waals surface area contributed by atoms with Gasteiger partial charge in [0.15, 0.2) is 5.78 Å². The zero-order valence-electron chi connectivity index (χ0n) is 21.2. The number of carbonyl (C=O) groups is 4. The Morgan fingerprint density at radius 2 is 1.57 bits per heavy atom. The van der Waals surface area contributed by atoms with Crippen LogP contribution in [0.5, 0.6) is 0 Å². The first-order chi connectivity index (χ1) is 17.7. The summed E-state index contributed by atoms with van der Waals surface area (Å²) in [6, 6.07) is 6.20. The van der Waals surface area contributed by atoms with Crippen LogP contribution in [0.3, 0.4) is 0 Å². The molecule has 1 aliphatic rings. The molecule has 3 amide bonds. The SMILES string of the molecule is COCC(NC(=O)c1cnc(C)s1)C(=O)NC(COC)C(=O)N[C@@H](Cc1ccccc1)C(=O)C1(C)CO1. The number of benzene rings is 1. The number of hydrogen-bond donors (Lipinski definition) is 3. The fourth-order valence-corrected chi connectivity index (χ4v) is 4.30. The molecule has 0 radical (unpaired) electrons. The Morgan fingerprint density at radius 1 is 1.00 bits per heavy atom. The number of thiazole rings is 1. The molecular formula is C25H32N4O7S. The number of aromatic nitrogens is 1. The van der Waals surface area contributed by atoms with Crippen molar-refractivity contribution < 1.29 is 33.4 Å². The highest BCUT2D eigenvalue weighted by Crippen LogP contribution is 2.29. The number of nitrogens with one attached hydrogen (secondary N) is 3. The zero-order chi connectivity index (χ0) is 27.0. The van der Waals surface area contributed by atoms with Gasteiger partial charge in [-0.05, 0) is 25.8 Å². The third-order valence-electron chi connectivity index (χ3n) is 5.78. The summed E-state index contributed by atoms with van der Waals surface area (Å²) in [6.07, 6.45) is 1.68. The first-order valence-corrected chi connectivity index (χ1v) is 12.5. The molecule has 0 saturated carbocycles. The second kappa shape index (κ2) is 12.9. The highest BCUT2D eigenvalue weighted by Gasteiger charge is 2.50. The molecule has 1 fully saturated rings. The molecule has 3 N–H and O–H groups in total. The topological polar surface area (TPSA) is 148 Å². The summed E-state index contributed by atoms with van der Waals surface area (Å²) >= 11 is 1.19. The Morgan fingerprint density at radius 3 is 2.08 bits per heavy atom. The molecular weight excluding hydrogens is 500 g/mol. The summed E-state index contributed by atoms with van der Waals surface area (Å²) in [5, 5.41) is 8.67. The fraction of sp³-hybridized carbons (Fsp3) is 0.480. The number of ether oxygens (including phenoxy) is 3. The van der Waals surface area contributed by atoms with E-state index in [1.165, 1.54) is 31.8 Å². The molecule has 3 unspecified atom stereocenters. The Balaban J connectivity index is 1.70. The van der Waals surface area contributed by atoms with Crippen molar-refractivity contribution in [2.45, 2.75) is 44.0 Å². The summed E-state index contributed by atoms with van der Waals surface area (Å²) in [7, 11) is 2.78. The maximum Gasteiger partial charge on any atom is 0.263 e. The minimum absolute atomic E-state index is 0.124. The average molecular weight is 533 g/mol. The number of nitrogens with zero attached hydrogens (tertiary/aromatic N) is 1. The molecule has 11 nitrogen and oxygen atoms in total.